The van der Waals surface area contributed by atoms with Gasteiger partial charge in [0.05, 0.1) is 25.3 Å². The van der Waals surface area contributed by atoms with E-state index in [1.165, 1.54) is 21.9 Å². The van der Waals surface area contributed by atoms with Gasteiger partial charge in [0.25, 0.3) is 5.91 Å². The highest BCUT2D eigenvalue weighted by atomic mass is 19.3. The van der Waals surface area contributed by atoms with E-state index in [0.29, 0.717) is 17.5 Å². The number of benzene rings is 1. The van der Waals surface area contributed by atoms with Crippen molar-refractivity contribution in [3.05, 3.63) is 46.8 Å². The summed E-state index contributed by atoms with van der Waals surface area (Å²) in [6.07, 6.45) is -1.28. The Morgan fingerprint density at radius 2 is 1.92 bits per heavy atom. The molecule has 3 atom stereocenters. The van der Waals surface area contributed by atoms with Crippen molar-refractivity contribution in [3.63, 3.8) is 0 Å². The van der Waals surface area contributed by atoms with Crippen molar-refractivity contribution in [1.29, 1.82) is 0 Å². The van der Waals surface area contributed by atoms with Gasteiger partial charge in [-0.05, 0) is 52.3 Å². The van der Waals surface area contributed by atoms with Gasteiger partial charge in [0, 0.05) is 30.3 Å². The fraction of sp³-hybridized carbons (Fsp3) is 0.560. The summed E-state index contributed by atoms with van der Waals surface area (Å²) in [7, 11) is 0. The molecule has 12 heteroatoms. The number of hydrogen-bond donors (Lipinski definition) is 3. The molecule has 1 aliphatic rings. The first-order valence-corrected chi connectivity index (χ1v) is 12.0. The van der Waals surface area contributed by atoms with E-state index >= 15 is 0 Å². The molecule has 2 amide bonds. The average Bonchev–Trinajstić information content (AvgIpc) is 3.22. The first kappa shape index (κ1) is 28.3. The molecule has 0 spiro atoms. The van der Waals surface area contributed by atoms with E-state index in [1.807, 2.05) is 6.92 Å². The molecule has 0 saturated heterocycles. The van der Waals surface area contributed by atoms with Crippen molar-refractivity contribution < 1.29 is 38.1 Å². The normalized spacial score (nSPS) is 17.2. The van der Waals surface area contributed by atoms with Crippen molar-refractivity contribution in [1.82, 2.24) is 20.0 Å². The Hall–Kier alpha value is -3.25. The molecule has 1 aromatic carbocycles. The molecule has 204 valence electrons. The summed E-state index contributed by atoms with van der Waals surface area (Å²) in [4.78, 5) is 29.4. The summed E-state index contributed by atoms with van der Waals surface area (Å²) in [5.74, 6) is -0.555. The summed E-state index contributed by atoms with van der Waals surface area (Å²) in [6.45, 7) is 5.27. The Bertz CT molecular complexity index is 1090. The highest BCUT2D eigenvalue weighted by molar-refractivity contribution is 5.94. The van der Waals surface area contributed by atoms with E-state index in [2.05, 4.69) is 14.9 Å². The van der Waals surface area contributed by atoms with Gasteiger partial charge in [-0.3, -0.25) is 9.89 Å². The fourth-order valence-corrected chi connectivity index (χ4v) is 4.16. The largest absolute Gasteiger partial charge is 0.444 e. The second kappa shape index (κ2) is 11.4. The molecule has 2 heterocycles. The lowest BCUT2D eigenvalue weighted by atomic mass is 9.99. The third kappa shape index (κ3) is 6.95. The van der Waals surface area contributed by atoms with Crippen LogP contribution in [-0.4, -0.2) is 79.7 Å². The van der Waals surface area contributed by atoms with Gasteiger partial charge in [-0.25, -0.2) is 4.79 Å². The number of nitrogens with one attached hydrogen (secondary N) is 1. The predicted octanol–water partition coefficient (Wildman–Crippen LogP) is 3.25. The van der Waals surface area contributed by atoms with E-state index in [0.717, 1.165) is 5.69 Å². The molecule has 0 fully saturated rings. The number of nitrogens with zero attached hydrogens (tertiary/aromatic N) is 3. The monoisotopic (exact) mass is 524 g/mol. The number of ether oxygens (including phenoxy) is 2. The number of rotatable bonds is 8. The third-order valence-corrected chi connectivity index (χ3v) is 6.08. The van der Waals surface area contributed by atoms with Crippen molar-refractivity contribution in [2.45, 2.75) is 78.0 Å². The molecule has 10 nitrogen and oxygen atoms in total. The summed E-state index contributed by atoms with van der Waals surface area (Å²) >= 11 is 0. The standard InChI is InChI=1S/C25H34F2N4O6/c1-14-10-20-19(12-30(14)24(35)37-25(3,4)5)21(29-28-20)22(34)31(11-17(33)13-32)15(2)16-6-8-18(9-7-16)36-23(26)27/h6-9,14-15,17,23,32-33H,10-13H2,1-5H3,(H,28,29)/t14-,15+,17-/m1/s1. The molecular formula is C25H34F2N4O6. The number of carbonyl (C=O) groups excluding carboxylic acids is 2. The van der Waals surface area contributed by atoms with Crippen LogP contribution in [0.15, 0.2) is 24.3 Å². The van der Waals surface area contributed by atoms with E-state index in [4.69, 9.17) is 4.74 Å². The molecule has 0 radical (unpaired) electrons. The Kier molecular flexibility index (Phi) is 8.75. The number of carbonyl (C=O) groups is 2. The molecule has 37 heavy (non-hydrogen) atoms. The molecule has 0 aliphatic carbocycles. The number of fused-ring (bicyclic) bond motifs is 1. The van der Waals surface area contributed by atoms with E-state index in [1.54, 1.807) is 39.8 Å². The topological polar surface area (TPSA) is 128 Å². The highest BCUT2D eigenvalue weighted by Gasteiger charge is 2.36. The minimum Gasteiger partial charge on any atom is -0.444 e. The number of H-pyrrole nitrogens is 1. The van der Waals surface area contributed by atoms with Gasteiger partial charge >= 0.3 is 12.7 Å². The van der Waals surface area contributed by atoms with Crippen molar-refractivity contribution >= 4 is 12.0 Å². The second-order valence-corrected chi connectivity index (χ2v) is 10.1. The summed E-state index contributed by atoms with van der Waals surface area (Å²) < 4.78 is 34.9. The van der Waals surface area contributed by atoms with Crippen LogP contribution in [0.25, 0.3) is 0 Å². The van der Waals surface area contributed by atoms with Gasteiger partial charge < -0.3 is 29.5 Å². The van der Waals surface area contributed by atoms with Crippen LogP contribution >= 0.6 is 0 Å². The molecule has 0 saturated carbocycles. The van der Waals surface area contributed by atoms with Crippen LogP contribution in [0, 0.1) is 0 Å². The minimum atomic E-state index is -2.96. The van der Waals surface area contributed by atoms with Crippen LogP contribution in [0.4, 0.5) is 13.6 Å². The number of halogens is 2. The van der Waals surface area contributed by atoms with Crippen molar-refractivity contribution in [3.8, 4) is 5.75 Å². The maximum Gasteiger partial charge on any atom is 0.410 e. The number of aromatic amines is 1. The van der Waals surface area contributed by atoms with Gasteiger partial charge in [-0.2, -0.15) is 13.9 Å². The molecule has 3 N–H and O–H groups in total. The SMILES string of the molecule is C[C@@H]1Cc2[nH]nc(C(=O)N(C[C@@H](O)CO)[C@@H](C)c3ccc(OC(F)F)cc3)c2CN1C(=O)OC(C)(C)C. The Labute approximate surface area is 214 Å². The van der Waals surface area contributed by atoms with Gasteiger partial charge in [-0.15, -0.1) is 0 Å². The molecule has 2 aromatic rings. The molecule has 3 rings (SSSR count). The number of aliphatic hydroxyl groups excluding tert-OH is 2. The Balaban J connectivity index is 1.89. The third-order valence-electron chi connectivity index (χ3n) is 6.08. The number of aliphatic hydroxyl groups is 2. The first-order chi connectivity index (χ1) is 17.3. The lowest BCUT2D eigenvalue weighted by Crippen LogP contribution is -2.46. The Morgan fingerprint density at radius 3 is 2.49 bits per heavy atom. The number of aromatic nitrogens is 2. The first-order valence-electron chi connectivity index (χ1n) is 12.0. The zero-order valence-electron chi connectivity index (χ0n) is 21.6. The average molecular weight is 525 g/mol. The summed E-state index contributed by atoms with van der Waals surface area (Å²) in [6, 6.07) is 5.00. The zero-order chi connectivity index (χ0) is 27.5. The van der Waals surface area contributed by atoms with Crippen LogP contribution in [0.3, 0.4) is 0 Å². The van der Waals surface area contributed by atoms with Gasteiger partial charge in [0.1, 0.15) is 11.4 Å². The molecular weight excluding hydrogens is 490 g/mol. The summed E-state index contributed by atoms with van der Waals surface area (Å²) in [5.41, 5.74) is 1.26. The smallest absolute Gasteiger partial charge is 0.410 e. The molecule has 1 aliphatic heterocycles. The quantitative estimate of drug-likeness (QED) is 0.484. The maximum atomic E-state index is 13.7. The maximum absolute atomic E-state index is 13.7. The van der Waals surface area contributed by atoms with Gasteiger partial charge in [-0.1, -0.05) is 12.1 Å². The molecule has 0 bridgehead atoms. The van der Waals surface area contributed by atoms with Crippen LogP contribution in [0.2, 0.25) is 0 Å². The van der Waals surface area contributed by atoms with E-state index in [9.17, 15) is 28.6 Å². The predicted molar refractivity (Wildman–Crippen MR) is 129 cm³/mol. The van der Waals surface area contributed by atoms with Crippen LogP contribution < -0.4 is 4.74 Å². The number of hydrogen-bond acceptors (Lipinski definition) is 7. The van der Waals surface area contributed by atoms with E-state index < -0.39 is 43.0 Å². The molecule has 1 aromatic heterocycles. The minimum absolute atomic E-state index is 0.0306. The van der Waals surface area contributed by atoms with Crippen LogP contribution in [0.1, 0.15) is 68.0 Å². The van der Waals surface area contributed by atoms with Crippen molar-refractivity contribution in [2.24, 2.45) is 0 Å². The lowest BCUT2D eigenvalue weighted by molar-refractivity contribution is -0.0498. The van der Waals surface area contributed by atoms with Crippen LogP contribution in [-0.2, 0) is 17.7 Å². The second-order valence-electron chi connectivity index (χ2n) is 10.1. The van der Waals surface area contributed by atoms with Gasteiger partial charge in [0.15, 0.2) is 5.69 Å². The fourth-order valence-electron chi connectivity index (χ4n) is 4.16. The summed E-state index contributed by atoms with van der Waals surface area (Å²) in [5, 5.41) is 26.7. The van der Waals surface area contributed by atoms with Crippen LogP contribution in [0.5, 0.6) is 5.75 Å². The lowest BCUT2D eigenvalue weighted by Gasteiger charge is -2.35. The van der Waals surface area contributed by atoms with Crippen molar-refractivity contribution in [2.75, 3.05) is 13.2 Å². The van der Waals surface area contributed by atoms with E-state index in [-0.39, 0.29) is 30.6 Å². The number of amides is 2. The molecule has 0 unspecified atom stereocenters. The number of alkyl halides is 2. The Morgan fingerprint density at radius 1 is 1.27 bits per heavy atom. The zero-order valence-corrected chi connectivity index (χ0v) is 21.6. The highest BCUT2D eigenvalue weighted by Crippen LogP contribution is 2.30. The van der Waals surface area contributed by atoms with Gasteiger partial charge in [0.2, 0.25) is 0 Å².